The second-order valence-corrected chi connectivity index (χ2v) is 5.51. The lowest BCUT2D eigenvalue weighted by atomic mass is 9.87. The number of nitrogens with zero attached hydrogens (tertiary/aromatic N) is 2. The van der Waals surface area contributed by atoms with Gasteiger partial charge in [-0.25, -0.2) is 0 Å². The van der Waals surface area contributed by atoms with Crippen LogP contribution in [0.3, 0.4) is 0 Å². The smallest absolute Gasteiger partial charge is 0.119 e. The Morgan fingerprint density at radius 1 is 1.25 bits per heavy atom. The molecule has 16 heavy (non-hydrogen) atoms. The highest BCUT2D eigenvalue weighted by molar-refractivity contribution is 5.11. The lowest BCUT2D eigenvalue weighted by molar-refractivity contribution is 0.162. The third-order valence-corrected chi connectivity index (χ3v) is 3.98. The van der Waals surface area contributed by atoms with E-state index in [0.29, 0.717) is 6.04 Å². The molecule has 2 fully saturated rings. The van der Waals surface area contributed by atoms with Gasteiger partial charge in [0, 0.05) is 12.6 Å². The van der Waals surface area contributed by atoms with Crippen molar-refractivity contribution in [2.24, 2.45) is 0 Å². The van der Waals surface area contributed by atoms with Crippen LogP contribution >= 0.6 is 0 Å². The standard InChI is InChI=1S/C13H23N3/c1-16-9-5-8-13(10-14,11-16)15-12-6-3-2-4-7-12/h12,15H,2-9,11H2,1H3. The largest absolute Gasteiger partial charge is 0.303 e. The second-order valence-electron chi connectivity index (χ2n) is 5.51. The molecule has 0 aromatic carbocycles. The zero-order valence-corrected chi connectivity index (χ0v) is 10.3. The maximum absolute atomic E-state index is 9.45. The van der Waals surface area contributed by atoms with Crippen LogP contribution < -0.4 is 5.32 Å². The highest BCUT2D eigenvalue weighted by atomic mass is 15.2. The Morgan fingerprint density at radius 2 is 2.00 bits per heavy atom. The molecule has 0 radical (unpaired) electrons. The van der Waals surface area contributed by atoms with Crippen LogP contribution in [0.1, 0.15) is 44.9 Å². The number of nitrogens with one attached hydrogen (secondary N) is 1. The van der Waals surface area contributed by atoms with Gasteiger partial charge in [-0.2, -0.15) is 5.26 Å². The van der Waals surface area contributed by atoms with Crippen molar-refractivity contribution < 1.29 is 0 Å². The van der Waals surface area contributed by atoms with Crippen LogP contribution in [0.15, 0.2) is 0 Å². The molecule has 1 aliphatic carbocycles. The van der Waals surface area contributed by atoms with Crippen molar-refractivity contribution in [3.05, 3.63) is 0 Å². The monoisotopic (exact) mass is 221 g/mol. The number of hydrogen-bond donors (Lipinski definition) is 1. The van der Waals surface area contributed by atoms with Gasteiger partial charge in [-0.05, 0) is 39.3 Å². The minimum Gasteiger partial charge on any atom is -0.303 e. The molecule has 0 bridgehead atoms. The van der Waals surface area contributed by atoms with Gasteiger partial charge in [0.1, 0.15) is 5.54 Å². The van der Waals surface area contributed by atoms with E-state index >= 15 is 0 Å². The average molecular weight is 221 g/mol. The van der Waals surface area contributed by atoms with Gasteiger partial charge in [0.2, 0.25) is 0 Å². The first-order valence-corrected chi connectivity index (χ1v) is 6.62. The fraction of sp³-hybridized carbons (Fsp3) is 0.923. The molecule has 2 rings (SSSR count). The molecule has 1 saturated carbocycles. The highest BCUT2D eigenvalue weighted by Gasteiger charge is 2.36. The SMILES string of the molecule is CN1CCCC(C#N)(NC2CCCCC2)C1. The van der Waals surface area contributed by atoms with Gasteiger partial charge >= 0.3 is 0 Å². The van der Waals surface area contributed by atoms with Crippen molar-refractivity contribution in [3.8, 4) is 6.07 Å². The van der Waals surface area contributed by atoms with Crippen molar-refractivity contribution in [2.45, 2.75) is 56.5 Å². The molecule has 1 saturated heterocycles. The minimum absolute atomic E-state index is 0.269. The zero-order valence-electron chi connectivity index (χ0n) is 10.3. The maximum atomic E-state index is 9.45. The van der Waals surface area contributed by atoms with Gasteiger partial charge in [-0.3, -0.25) is 5.32 Å². The molecule has 0 aromatic heterocycles. The van der Waals surface area contributed by atoms with E-state index in [9.17, 15) is 5.26 Å². The molecular weight excluding hydrogens is 198 g/mol. The molecule has 1 heterocycles. The summed E-state index contributed by atoms with van der Waals surface area (Å²) < 4.78 is 0. The summed E-state index contributed by atoms with van der Waals surface area (Å²) >= 11 is 0. The van der Waals surface area contributed by atoms with Crippen molar-refractivity contribution in [3.63, 3.8) is 0 Å². The van der Waals surface area contributed by atoms with E-state index in [-0.39, 0.29) is 5.54 Å². The van der Waals surface area contributed by atoms with Gasteiger partial charge < -0.3 is 4.90 Å². The van der Waals surface area contributed by atoms with E-state index in [1.807, 2.05) is 0 Å². The normalized spacial score (nSPS) is 33.5. The summed E-state index contributed by atoms with van der Waals surface area (Å²) in [5.41, 5.74) is -0.269. The molecular formula is C13H23N3. The summed E-state index contributed by atoms with van der Waals surface area (Å²) in [4.78, 5) is 2.28. The van der Waals surface area contributed by atoms with E-state index in [1.54, 1.807) is 0 Å². The summed E-state index contributed by atoms with van der Waals surface area (Å²) in [7, 11) is 2.12. The predicted octanol–water partition coefficient (Wildman–Crippen LogP) is 1.90. The van der Waals surface area contributed by atoms with E-state index in [0.717, 1.165) is 25.9 Å². The number of rotatable bonds is 2. The first kappa shape index (κ1) is 11.9. The fourth-order valence-electron chi connectivity index (χ4n) is 3.15. The van der Waals surface area contributed by atoms with Crippen LogP contribution in [-0.2, 0) is 0 Å². The molecule has 0 spiro atoms. The van der Waals surface area contributed by atoms with Gasteiger partial charge in [-0.15, -0.1) is 0 Å². The molecule has 2 aliphatic rings. The summed E-state index contributed by atoms with van der Waals surface area (Å²) in [6.07, 6.45) is 8.70. The first-order valence-electron chi connectivity index (χ1n) is 6.62. The van der Waals surface area contributed by atoms with Crippen LogP contribution in [0.25, 0.3) is 0 Å². The van der Waals surface area contributed by atoms with Gasteiger partial charge in [0.05, 0.1) is 6.07 Å². The molecule has 3 heteroatoms. The number of hydrogen-bond acceptors (Lipinski definition) is 3. The Kier molecular flexibility index (Phi) is 3.83. The maximum Gasteiger partial charge on any atom is 0.119 e. The number of nitriles is 1. The average Bonchev–Trinajstić information content (AvgIpc) is 2.30. The molecule has 1 unspecified atom stereocenters. The van der Waals surface area contributed by atoms with E-state index in [4.69, 9.17) is 0 Å². The Morgan fingerprint density at radius 3 is 2.62 bits per heavy atom. The fourth-order valence-corrected chi connectivity index (χ4v) is 3.15. The summed E-state index contributed by atoms with van der Waals surface area (Å²) in [6, 6.07) is 3.13. The molecule has 0 amide bonds. The first-order chi connectivity index (χ1) is 7.74. The number of likely N-dealkylation sites (tertiary alicyclic amines) is 1. The van der Waals surface area contributed by atoms with Crippen LogP contribution in [0.2, 0.25) is 0 Å². The van der Waals surface area contributed by atoms with Gasteiger partial charge in [0.25, 0.3) is 0 Å². The summed E-state index contributed by atoms with van der Waals surface area (Å²) in [5.74, 6) is 0. The molecule has 1 atom stereocenters. The van der Waals surface area contributed by atoms with Crippen LogP contribution in [-0.4, -0.2) is 36.6 Å². The second kappa shape index (κ2) is 5.16. The molecule has 3 nitrogen and oxygen atoms in total. The van der Waals surface area contributed by atoms with Crippen LogP contribution in [0.5, 0.6) is 0 Å². The third-order valence-electron chi connectivity index (χ3n) is 3.98. The Labute approximate surface area is 98.8 Å². The van der Waals surface area contributed by atoms with Crippen LogP contribution in [0.4, 0.5) is 0 Å². The van der Waals surface area contributed by atoms with Crippen molar-refractivity contribution in [1.82, 2.24) is 10.2 Å². The molecule has 0 aromatic rings. The van der Waals surface area contributed by atoms with Gasteiger partial charge in [0.15, 0.2) is 0 Å². The Hall–Kier alpha value is -0.590. The van der Waals surface area contributed by atoms with E-state index in [1.165, 1.54) is 32.1 Å². The summed E-state index contributed by atoms with van der Waals surface area (Å²) in [5, 5.41) is 13.1. The predicted molar refractivity (Wildman–Crippen MR) is 65.1 cm³/mol. The van der Waals surface area contributed by atoms with E-state index in [2.05, 4.69) is 23.3 Å². The van der Waals surface area contributed by atoms with Crippen molar-refractivity contribution >= 4 is 0 Å². The third kappa shape index (κ3) is 2.75. The summed E-state index contributed by atoms with van der Waals surface area (Å²) in [6.45, 7) is 2.02. The number of piperidine rings is 1. The van der Waals surface area contributed by atoms with E-state index < -0.39 is 0 Å². The zero-order chi connectivity index (χ0) is 11.4. The topological polar surface area (TPSA) is 39.1 Å². The molecule has 1 N–H and O–H groups in total. The molecule has 1 aliphatic heterocycles. The van der Waals surface area contributed by atoms with Crippen molar-refractivity contribution in [1.29, 1.82) is 5.26 Å². The lowest BCUT2D eigenvalue weighted by Crippen LogP contribution is -2.58. The lowest BCUT2D eigenvalue weighted by Gasteiger charge is -2.40. The minimum atomic E-state index is -0.269. The highest BCUT2D eigenvalue weighted by Crippen LogP contribution is 2.24. The quantitative estimate of drug-likeness (QED) is 0.774. The van der Waals surface area contributed by atoms with Crippen molar-refractivity contribution in [2.75, 3.05) is 20.1 Å². The molecule has 90 valence electrons. The van der Waals surface area contributed by atoms with Crippen LogP contribution in [0, 0.1) is 11.3 Å². The Balaban J connectivity index is 1.95. The Bertz CT molecular complexity index is 265. The van der Waals surface area contributed by atoms with Gasteiger partial charge in [-0.1, -0.05) is 19.3 Å². The number of likely N-dealkylation sites (N-methyl/N-ethyl adjacent to an activating group) is 1.